The lowest BCUT2D eigenvalue weighted by molar-refractivity contribution is -0.0262. The molecule has 5 nitrogen and oxygen atoms in total. The zero-order valence-electron chi connectivity index (χ0n) is 14.9. The Labute approximate surface area is 151 Å². The van der Waals surface area contributed by atoms with Gasteiger partial charge in [0.1, 0.15) is 0 Å². The number of hydrogen-bond donors (Lipinski definition) is 1. The van der Waals surface area contributed by atoms with E-state index in [0.29, 0.717) is 13.2 Å². The molecule has 6 heteroatoms. The van der Waals surface area contributed by atoms with Gasteiger partial charge in [-0.1, -0.05) is 29.8 Å². The van der Waals surface area contributed by atoms with Crippen molar-refractivity contribution >= 4 is 10.0 Å². The number of hydrogen-bond acceptors (Lipinski definition) is 4. The third-order valence-electron chi connectivity index (χ3n) is 5.10. The Morgan fingerprint density at radius 3 is 2.52 bits per heavy atom. The van der Waals surface area contributed by atoms with Gasteiger partial charge in [0.2, 0.25) is 10.0 Å². The molecule has 3 rings (SSSR count). The molecule has 25 heavy (non-hydrogen) atoms. The summed E-state index contributed by atoms with van der Waals surface area (Å²) in [5.41, 5.74) is 2.34. The zero-order valence-corrected chi connectivity index (χ0v) is 15.8. The van der Waals surface area contributed by atoms with Crippen molar-refractivity contribution in [1.29, 1.82) is 0 Å². The molecule has 0 saturated carbocycles. The molecule has 0 amide bonds. The van der Waals surface area contributed by atoms with Gasteiger partial charge >= 0.3 is 0 Å². The number of benzene rings is 1. The summed E-state index contributed by atoms with van der Waals surface area (Å²) >= 11 is 0. The maximum Gasteiger partial charge on any atom is 0.214 e. The van der Waals surface area contributed by atoms with Crippen molar-refractivity contribution in [2.45, 2.75) is 51.2 Å². The average molecular weight is 368 g/mol. The number of rotatable bonds is 6. The van der Waals surface area contributed by atoms with E-state index < -0.39 is 10.0 Å². The van der Waals surface area contributed by atoms with E-state index in [1.54, 1.807) is 0 Å². The maximum atomic E-state index is 12.4. The van der Waals surface area contributed by atoms with E-state index in [-0.39, 0.29) is 23.9 Å². The number of nitrogens with one attached hydrogen (secondary N) is 1. The Bertz CT molecular complexity index is 638. The van der Waals surface area contributed by atoms with Crippen LogP contribution in [-0.2, 0) is 19.5 Å². The quantitative estimate of drug-likeness (QED) is 0.840. The molecule has 2 aliphatic heterocycles. The number of aryl methyl sites for hydroxylation is 1. The molecule has 2 heterocycles. The van der Waals surface area contributed by atoms with Crippen LogP contribution < -0.4 is 4.72 Å². The zero-order chi connectivity index (χ0) is 17.7. The summed E-state index contributed by atoms with van der Waals surface area (Å²) in [5.74, 6) is 0.231. The molecular formula is C19H29NO4S. The second-order valence-electron chi connectivity index (χ2n) is 7.22. The maximum absolute atomic E-state index is 12.4. The van der Waals surface area contributed by atoms with Crippen LogP contribution in [0.2, 0.25) is 0 Å². The smallest absolute Gasteiger partial charge is 0.214 e. The minimum atomic E-state index is -3.32. The molecule has 1 aromatic rings. The minimum absolute atomic E-state index is 0.0389. The molecule has 2 saturated heterocycles. The highest BCUT2D eigenvalue weighted by atomic mass is 32.2. The van der Waals surface area contributed by atoms with Crippen LogP contribution in [0.5, 0.6) is 0 Å². The van der Waals surface area contributed by atoms with Gasteiger partial charge in [-0.3, -0.25) is 0 Å². The Morgan fingerprint density at radius 2 is 1.80 bits per heavy atom. The third kappa shape index (κ3) is 5.51. The highest BCUT2D eigenvalue weighted by Crippen LogP contribution is 2.33. The molecule has 1 N–H and O–H groups in total. The van der Waals surface area contributed by atoms with Gasteiger partial charge in [-0.05, 0) is 44.6 Å². The van der Waals surface area contributed by atoms with Gasteiger partial charge in [0.25, 0.3) is 0 Å². The summed E-state index contributed by atoms with van der Waals surface area (Å²) in [6.45, 7) is 3.89. The molecule has 0 aliphatic carbocycles. The lowest BCUT2D eigenvalue weighted by Gasteiger charge is -2.32. The molecule has 3 atom stereocenters. The van der Waals surface area contributed by atoms with Crippen molar-refractivity contribution in [3.8, 4) is 0 Å². The predicted octanol–water partition coefficient (Wildman–Crippen LogP) is 2.95. The standard InChI is InChI=1S/C19H29NO4S/c1-15-7-9-16(10-8-15)19-17(5-4-12-24-19)13-20-25(21,22)14-18-6-2-3-11-23-18/h7-10,17-20H,2-6,11-14H2,1H3/t17-,18-,19+/m1/s1. The normalized spacial score (nSPS) is 28.0. The average Bonchev–Trinajstić information content (AvgIpc) is 2.62. The van der Waals surface area contributed by atoms with Crippen LogP contribution >= 0.6 is 0 Å². The second-order valence-corrected chi connectivity index (χ2v) is 9.07. The molecule has 1 aromatic carbocycles. The van der Waals surface area contributed by atoms with Crippen LogP contribution in [0.4, 0.5) is 0 Å². The highest BCUT2D eigenvalue weighted by molar-refractivity contribution is 7.89. The second kappa shape index (κ2) is 8.62. The third-order valence-corrected chi connectivity index (χ3v) is 6.51. The topological polar surface area (TPSA) is 64.6 Å². The highest BCUT2D eigenvalue weighted by Gasteiger charge is 2.29. The van der Waals surface area contributed by atoms with Gasteiger partial charge in [0.15, 0.2) is 0 Å². The molecule has 2 aliphatic rings. The van der Waals surface area contributed by atoms with Crippen molar-refractivity contribution in [3.05, 3.63) is 35.4 Å². The van der Waals surface area contributed by atoms with E-state index in [1.165, 1.54) is 5.56 Å². The van der Waals surface area contributed by atoms with Gasteiger partial charge in [0, 0.05) is 25.7 Å². The molecule has 0 bridgehead atoms. The minimum Gasteiger partial charge on any atom is -0.377 e. The van der Waals surface area contributed by atoms with Crippen LogP contribution in [0.3, 0.4) is 0 Å². The van der Waals surface area contributed by atoms with E-state index in [4.69, 9.17) is 9.47 Å². The Balaban J connectivity index is 1.58. The monoisotopic (exact) mass is 367 g/mol. The summed E-state index contributed by atoms with van der Waals surface area (Å²) in [6, 6.07) is 8.33. The first-order valence-corrected chi connectivity index (χ1v) is 11.0. The molecule has 0 unspecified atom stereocenters. The van der Waals surface area contributed by atoms with Gasteiger partial charge in [-0.2, -0.15) is 0 Å². The molecule has 140 valence electrons. The fourth-order valence-corrected chi connectivity index (χ4v) is 4.99. The van der Waals surface area contributed by atoms with Crippen molar-refractivity contribution < 1.29 is 17.9 Å². The van der Waals surface area contributed by atoms with E-state index in [2.05, 4.69) is 35.9 Å². The van der Waals surface area contributed by atoms with Crippen LogP contribution in [0, 0.1) is 12.8 Å². The molecular weight excluding hydrogens is 338 g/mol. The summed E-state index contributed by atoms with van der Waals surface area (Å²) in [7, 11) is -3.32. The molecule has 0 spiro atoms. The summed E-state index contributed by atoms with van der Waals surface area (Å²) in [4.78, 5) is 0. The van der Waals surface area contributed by atoms with Crippen LogP contribution in [-0.4, -0.2) is 40.0 Å². The van der Waals surface area contributed by atoms with E-state index in [1.807, 2.05) is 0 Å². The van der Waals surface area contributed by atoms with Gasteiger partial charge in [-0.25, -0.2) is 13.1 Å². The Hall–Kier alpha value is -0.950. The van der Waals surface area contributed by atoms with Crippen molar-refractivity contribution in [1.82, 2.24) is 4.72 Å². The summed E-state index contributed by atoms with van der Waals surface area (Å²) in [6.07, 6.45) is 4.65. The fraction of sp³-hybridized carbons (Fsp3) is 0.684. The van der Waals surface area contributed by atoms with Crippen molar-refractivity contribution in [2.24, 2.45) is 5.92 Å². The van der Waals surface area contributed by atoms with Crippen molar-refractivity contribution in [2.75, 3.05) is 25.5 Å². The lowest BCUT2D eigenvalue weighted by Crippen LogP contribution is -2.39. The molecule has 0 radical (unpaired) electrons. The fourth-order valence-electron chi connectivity index (χ4n) is 3.65. The number of ether oxygens (including phenoxy) is 2. The van der Waals surface area contributed by atoms with E-state index in [9.17, 15) is 8.42 Å². The van der Waals surface area contributed by atoms with Crippen LogP contribution in [0.1, 0.15) is 49.3 Å². The van der Waals surface area contributed by atoms with E-state index >= 15 is 0 Å². The number of sulfonamides is 1. The predicted molar refractivity (Wildman–Crippen MR) is 98.0 cm³/mol. The SMILES string of the molecule is Cc1ccc([C@@H]2OCCC[C@@H]2CNS(=O)(=O)C[C@H]2CCCCO2)cc1. The Morgan fingerprint density at radius 1 is 1.04 bits per heavy atom. The summed E-state index contributed by atoms with van der Waals surface area (Å²) in [5, 5.41) is 0. The molecule has 2 fully saturated rings. The first-order chi connectivity index (χ1) is 12.0. The van der Waals surface area contributed by atoms with Crippen molar-refractivity contribution in [3.63, 3.8) is 0 Å². The van der Waals surface area contributed by atoms with Crippen LogP contribution in [0.25, 0.3) is 0 Å². The first kappa shape index (κ1) is 18.8. The Kier molecular flexibility index (Phi) is 6.49. The largest absolute Gasteiger partial charge is 0.377 e. The summed E-state index contributed by atoms with van der Waals surface area (Å²) < 4.78 is 39.1. The van der Waals surface area contributed by atoms with Crippen LogP contribution in [0.15, 0.2) is 24.3 Å². The van der Waals surface area contributed by atoms with Gasteiger partial charge in [0.05, 0.1) is 18.0 Å². The first-order valence-electron chi connectivity index (χ1n) is 9.30. The van der Waals surface area contributed by atoms with E-state index in [0.717, 1.165) is 44.3 Å². The van der Waals surface area contributed by atoms with Gasteiger partial charge in [-0.15, -0.1) is 0 Å². The lowest BCUT2D eigenvalue weighted by atomic mass is 9.89. The van der Waals surface area contributed by atoms with Gasteiger partial charge < -0.3 is 9.47 Å². The molecule has 0 aromatic heterocycles.